The van der Waals surface area contributed by atoms with Crippen molar-refractivity contribution in [2.45, 2.75) is 45.6 Å². The highest BCUT2D eigenvalue weighted by molar-refractivity contribution is 7.97. The lowest BCUT2D eigenvalue weighted by atomic mass is 10.1. The van der Waals surface area contributed by atoms with Gasteiger partial charge in [-0.2, -0.15) is 0 Å². The van der Waals surface area contributed by atoms with Crippen LogP contribution in [0.4, 0.5) is 0 Å². The van der Waals surface area contributed by atoms with Gasteiger partial charge in [-0.3, -0.25) is 0 Å². The third kappa shape index (κ3) is 2.68. The molecule has 1 saturated heterocycles. The fraction of sp³-hybridized carbons (Fsp3) is 1.00. The first-order valence-electron chi connectivity index (χ1n) is 4.78. The van der Waals surface area contributed by atoms with Gasteiger partial charge in [-0.25, -0.2) is 4.31 Å². The van der Waals surface area contributed by atoms with Gasteiger partial charge in [0.05, 0.1) is 0 Å². The summed E-state index contributed by atoms with van der Waals surface area (Å²) < 4.78 is 2.59. The van der Waals surface area contributed by atoms with Gasteiger partial charge in [-0.05, 0) is 19.3 Å². The summed E-state index contributed by atoms with van der Waals surface area (Å²) in [5, 5.41) is 0. The van der Waals surface area contributed by atoms with Gasteiger partial charge >= 0.3 is 0 Å². The molecule has 2 heteroatoms. The zero-order chi connectivity index (χ0) is 8.10. The van der Waals surface area contributed by atoms with E-state index in [1.165, 1.54) is 38.0 Å². The van der Waals surface area contributed by atoms with Gasteiger partial charge in [0.25, 0.3) is 0 Å². The molecule has 0 N–H and O–H groups in total. The van der Waals surface area contributed by atoms with Crippen molar-refractivity contribution in [3.63, 3.8) is 0 Å². The van der Waals surface area contributed by atoms with E-state index < -0.39 is 0 Å². The van der Waals surface area contributed by atoms with Crippen molar-refractivity contribution in [1.82, 2.24) is 4.31 Å². The van der Waals surface area contributed by atoms with Crippen molar-refractivity contribution in [3.05, 3.63) is 0 Å². The van der Waals surface area contributed by atoms with Crippen LogP contribution in [0.15, 0.2) is 0 Å². The van der Waals surface area contributed by atoms with Gasteiger partial charge in [0, 0.05) is 18.3 Å². The monoisotopic (exact) mass is 173 g/mol. The van der Waals surface area contributed by atoms with Crippen LogP contribution >= 0.6 is 11.9 Å². The van der Waals surface area contributed by atoms with E-state index in [0.29, 0.717) is 0 Å². The molecule has 1 rings (SSSR count). The predicted molar refractivity (Wildman–Crippen MR) is 52.8 cm³/mol. The molecule has 1 aliphatic rings. The van der Waals surface area contributed by atoms with E-state index in [-0.39, 0.29) is 0 Å². The van der Waals surface area contributed by atoms with Crippen molar-refractivity contribution in [3.8, 4) is 0 Å². The first-order chi connectivity index (χ1) is 5.38. The Morgan fingerprint density at radius 1 is 1.45 bits per heavy atom. The maximum absolute atomic E-state index is 2.59. The molecule has 0 spiro atoms. The van der Waals surface area contributed by atoms with Crippen LogP contribution in [0.2, 0.25) is 0 Å². The molecule has 0 aromatic rings. The summed E-state index contributed by atoms with van der Waals surface area (Å²) in [5.74, 6) is 1.35. The van der Waals surface area contributed by atoms with E-state index >= 15 is 0 Å². The molecule has 1 unspecified atom stereocenters. The SMILES string of the molecule is CCCC(CC)N1CCCS1. The molecule has 0 aliphatic carbocycles. The van der Waals surface area contributed by atoms with Crippen LogP contribution in [-0.4, -0.2) is 22.6 Å². The summed E-state index contributed by atoms with van der Waals surface area (Å²) in [4.78, 5) is 0. The predicted octanol–water partition coefficient (Wildman–Crippen LogP) is 2.92. The molecule has 66 valence electrons. The second-order valence-corrected chi connectivity index (χ2v) is 4.31. The summed E-state index contributed by atoms with van der Waals surface area (Å²) in [6, 6.07) is 0.854. The highest BCUT2D eigenvalue weighted by Gasteiger charge is 2.19. The number of hydrogen-bond acceptors (Lipinski definition) is 2. The molecular weight excluding hydrogens is 154 g/mol. The average Bonchev–Trinajstić information content (AvgIpc) is 2.52. The minimum Gasteiger partial charge on any atom is -0.248 e. The highest BCUT2D eigenvalue weighted by atomic mass is 32.2. The van der Waals surface area contributed by atoms with Crippen LogP contribution in [0.1, 0.15) is 39.5 Å². The van der Waals surface area contributed by atoms with E-state index in [9.17, 15) is 0 Å². The fourth-order valence-corrected chi connectivity index (χ4v) is 2.86. The Morgan fingerprint density at radius 3 is 2.73 bits per heavy atom. The summed E-state index contributed by atoms with van der Waals surface area (Å²) in [7, 11) is 0. The number of nitrogens with zero attached hydrogens (tertiary/aromatic N) is 1. The van der Waals surface area contributed by atoms with E-state index in [1.807, 2.05) is 11.9 Å². The highest BCUT2D eigenvalue weighted by Crippen LogP contribution is 2.26. The summed E-state index contributed by atoms with van der Waals surface area (Å²) in [6.45, 7) is 5.91. The Hall–Kier alpha value is 0.310. The van der Waals surface area contributed by atoms with Crippen LogP contribution in [0.5, 0.6) is 0 Å². The topological polar surface area (TPSA) is 3.24 Å². The Labute approximate surface area is 74.7 Å². The summed E-state index contributed by atoms with van der Waals surface area (Å²) in [6.07, 6.45) is 5.42. The molecular formula is C9H19NS. The Balaban J connectivity index is 2.27. The lowest BCUT2D eigenvalue weighted by Gasteiger charge is -2.24. The van der Waals surface area contributed by atoms with Crippen molar-refractivity contribution in [2.75, 3.05) is 12.3 Å². The maximum atomic E-state index is 2.59. The molecule has 1 heterocycles. The zero-order valence-corrected chi connectivity index (χ0v) is 8.49. The maximum Gasteiger partial charge on any atom is 0.0199 e. The fourth-order valence-electron chi connectivity index (χ4n) is 1.64. The number of hydrogen-bond donors (Lipinski definition) is 0. The van der Waals surface area contributed by atoms with Crippen molar-refractivity contribution < 1.29 is 0 Å². The van der Waals surface area contributed by atoms with Crippen LogP contribution in [0, 0.1) is 0 Å². The number of rotatable bonds is 4. The van der Waals surface area contributed by atoms with Crippen molar-refractivity contribution in [1.29, 1.82) is 0 Å². The second kappa shape index (κ2) is 5.04. The zero-order valence-electron chi connectivity index (χ0n) is 7.68. The van der Waals surface area contributed by atoms with Crippen molar-refractivity contribution in [2.24, 2.45) is 0 Å². The molecule has 0 bridgehead atoms. The molecule has 11 heavy (non-hydrogen) atoms. The van der Waals surface area contributed by atoms with Crippen LogP contribution in [-0.2, 0) is 0 Å². The molecule has 0 saturated carbocycles. The summed E-state index contributed by atoms with van der Waals surface area (Å²) in [5.41, 5.74) is 0. The molecule has 0 radical (unpaired) electrons. The first-order valence-corrected chi connectivity index (χ1v) is 5.72. The molecule has 0 aromatic carbocycles. The van der Waals surface area contributed by atoms with Gasteiger partial charge in [0.2, 0.25) is 0 Å². The first kappa shape index (κ1) is 9.40. The Bertz CT molecular complexity index is 99.7. The van der Waals surface area contributed by atoms with E-state index in [0.717, 1.165) is 6.04 Å². The Kier molecular flexibility index (Phi) is 4.31. The second-order valence-electron chi connectivity index (χ2n) is 3.18. The van der Waals surface area contributed by atoms with Crippen LogP contribution in [0.3, 0.4) is 0 Å². The molecule has 0 aromatic heterocycles. The minimum atomic E-state index is 0.854. The van der Waals surface area contributed by atoms with Crippen LogP contribution < -0.4 is 0 Å². The molecule has 1 aliphatic heterocycles. The van der Waals surface area contributed by atoms with Gasteiger partial charge in [0.1, 0.15) is 0 Å². The molecule has 1 fully saturated rings. The normalized spacial score (nSPS) is 22.4. The van der Waals surface area contributed by atoms with Gasteiger partial charge in [-0.15, -0.1) is 0 Å². The van der Waals surface area contributed by atoms with Crippen molar-refractivity contribution >= 4 is 11.9 Å². The smallest absolute Gasteiger partial charge is 0.0199 e. The standard InChI is InChI=1S/C9H19NS/c1-3-6-9(4-2)10-7-5-8-11-10/h9H,3-8H2,1-2H3. The molecule has 1 atom stereocenters. The third-order valence-electron chi connectivity index (χ3n) is 2.28. The minimum absolute atomic E-state index is 0.854. The van der Waals surface area contributed by atoms with Gasteiger partial charge in [0.15, 0.2) is 0 Å². The van der Waals surface area contributed by atoms with Gasteiger partial charge < -0.3 is 0 Å². The molecule has 1 nitrogen and oxygen atoms in total. The quantitative estimate of drug-likeness (QED) is 0.601. The van der Waals surface area contributed by atoms with E-state index in [1.54, 1.807) is 0 Å². The lowest BCUT2D eigenvalue weighted by molar-refractivity contribution is 0.336. The average molecular weight is 173 g/mol. The van der Waals surface area contributed by atoms with Gasteiger partial charge in [-0.1, -0.05) is 32.2 Å². The van der Waals surface area contributed by atoms with Crippen LogP contribution in [0.25, 0.3) is 0 Å². The lowest BCUT2D eigenvalue weighted by Crippen LogP contribution is -2.26. The Morgan fingerprint density at radius 2 is 2.27 bits per heavy atom. The molecule has 0 amide bonds. The largest absolute Gasteiger partial charge is 0.248 e. The summed E-state index contributed by atoms with van der Waals surface area (Å²) >= 11 is 2.05. The van der Waals surface area contributed by atoms with E-state index in [4.69, 9.17) is 0 Å². The third-order valence-corrected chi connectivity index (χ3v) is 3.56. The van der Waals surface area contributed by atoms with E-state index in [2.05, 4.69) is 18.2 Å².